The van der Waals surface area contributed by atoms with E-state index in [9.17, 15) is 93.0 Å². The summed E-state index contributed by atoms with van der Waals surface area (Å²) >= 11 is 0. The first-order chi connectivity index (χ1) is 46.1. The zero-order valence-electron chi connectivity index (χ0n) is 53.8. The summed E-state index contributed by atoms with van der Waals surface area (Å²) in [7, 11) is 0. The first-order valence-corrected chi connectivity index (χ1v) is 31.4. The molecule has 12 atom stereocenters. The maximum absolute atomic E-state index is 14.6. The Bertz CT molecular complexity index is 3370. The van der Waals surface area contributed by atoms with Crippen molar-refractivity contribution < 1.29 is 93.0 Å². The SMILES string of the molecule is CC(C)C[C@H](NC(=O)[C@H](CC(N)=O)NC(=O)[C@H](CCC(=O)O)NC(=O)[C@H](Cc1ccccc1)NC(=O)[C@H](Cc1ccccc1)NC(=O)[C@H](CO)NC(=O)[C@@H]1CCCN1C(=O)[C@H](CO)NC(=O)[C@@H](NC(=O)[C@H](Cc1ccc(O)cc1)NC(=O)[C@@H](N)Cc1ccccc1)[C@@H](C)O)C(=O)O. The van der Waals surface area contributed by atoms with Crippen LogP contribution in [0.15, 0.2) is 115 Å². The minimum absolute atomic E-state index is 0.0311. The number of carbonyl (C=O) groups excluding carboxylic acids is 11. The number of aliphatic hydroxyl groups is 3. The van der Waals surface area contributed by atoms with Gasteiger partial charge >= 0.3 is 11.9 Å². The van der Waals surface area contributed by atoms with E-state index in [1.807, 2.05) is 0 Å². The van der Waals surface area contributed by atoms with Gasteiger partial charge in [0.05, 0.1) is 31.8 Å². The van der Waals surface area contributed by atoms with E-state index in [0.717, 1.165) is 17.4 Å². The van der Waals surface area contributed by atoms with Crippen molar-refractivity contribution in [3.63, 3.8) is 0 Å². The van der Waals surface area contributed by atoms with Crippen LogP contribution in [0, 0.1) is 5.92 Å². The van der Waals surface area contributed by atoms with E-state index in [1.165, 1.54) is 24.3 Å². The molecule has 0 radical (unpaired) electrons. The summed E-state index contributed by atoms with van der Waals surface area (Å²) in [6.07, 6.45) is -4.41. The number of hydrogen-bond acceptors (Lipinski definition) is 18. The number of carboxylic acid groups (broad SMARTS) is 2. The monoisotopic (exact) mass is 1350 g/mol. The number of hydrogen-bond donors (Lipinski definition) is 17. The molecule has 31 nitrogen and oxygen atoms in total. The number of aliphatic carboxylic acids is 2. The molecule has 1 aliphatic heterocycles. The average Bonchev–Trinajstić information content (AvgIpc) is 1.97. The number of carbonyl (C=O) groups is 13. The Kier molecular flexibility index (Phi) is 30.5. The molecule has 1 heterocycles. The van der Waals surface area contributed by atoms with E-state index in [0.29, 0.717) is 16.7 Å². The van der Waals surface area contributed by atoms with Gasteiger partial charge in [-0.05, 0) is 79.3 Å². The van der Waals surface area contributed by atoms with Gasteiger partial charge in [0.1, 0.15) is 66.2 Å². The lowest BCUT2D eigenvalue weighted by Gasteiger charge is -2.31. The summed E-state index contributed by atoms with van der Waals surface area (Å²) in [4.78, 5) is 177. The van der Waals surface area contributed by atoms with Crippen LogP contribution in [0.4, 0.5) is 0 Å². The average molecular weight is 1350 g/mol. The minimum atomic E-state index is -1.83. The predicted molar refractivity (Wildman–Crippen MR) is 346 cm³/mol. The number of primary amides is 1. The topological polar surface area (TPSA) is 507 Å². The lowest BCUT2D eigenvalue weighted by Crippen LogP contribution is -2.62. The van der Waals surface area contributed by atoms with Crippen molar-refractivity contribution in [3.05, 3.63) is 138 Å². The standard InChI is InChI=1S/C66H86N12O19/c1-36(2)28-49(66(96)97)74-60(90)48(33-53(68)83)73-57(87)44(25-26-54(84)85)69-58(88)45(30-39-16-9-5-10-17-39)71-59(89)46(31-40-18-11-6-12-19-40)72-62(92)50(34-79)75-63(93)52-20-13-27-78(52)65(95)51(35-80)76-64(94)55(37(3)81)77-61(91)47(32-41-21-23-42(82)24-22-41)70-56(86)43(67)29-38-14-7-4-8-15-38/h4-12,14-19,21-24,36-37,43-52,55,79-82H,13,20,25-35,67H2,1-3H3,(H2,68,83)(H,69,88)(H,70,86)(H,71,89)(H,72,92)(H,73,87)(H,74,90)(H,75,93)(H,76,94)(H,77,91)(H,84,85)(H,96,97)/t37-,43+,44+,45+,46+,47+,48+,49+,50+,51+,52+,55+/m1/s1. The highest BCUT2D eigenvalue weighted by Crippen LogP contribution is 2.20. The molecule has 1 fully saturated rings. The normalized spacial score (nSPS) is 16.1. The third-order valence-electron chi connectivity index (χ3n) is 15.6. The fourth-order valence-electron chi connectivity index (χ4n) is 10.5. The van der Waals surface area contributed by atoms with E-state index in [4.69, 9.17) is 11.5 Å². The number of nitrogens with two attached hydrogens (primary N) is 2. The molecule has 0 aliphatic carbocycles. The van der Waals surface area contributed by atoms with Crippen molar-refractivity contribution >= 4 is 76.9 Å². The van der Waals surface area contributed by atoms with Gasteiger partial charge in [0.15, 0.2) is 0 Å². The highest BCUT2D eigenvalue weighted by molar-refractivity contribution is 6.00. The summed E-state index contributed by atoms with van der Waals surface area (Å²) in [6.45, 7) is 2.26. The molecule has 0 spiro atoms. The van der Waals surface area contributed by atoms with E-state index >= 15 is 0 Å². The number of likely N-dealkylation sites (tertiary alicyclic amines) is 1. The molecular weight excluding hydrogens is 1260 g/mol. The van der Waals surface area contributed by atoms with Crippen molar-refractivity contribution in [2.75, 3.05) is 19.8 Å². The third kappa shape index (κ3) is 25.0. The van der Waals surface area contributed by atoms with E-state index < -0.39 is 182 Å². The number of phenolic OH excluding ortho intramolecular Hbond substituents is 1. The highest BCUT2D eigenvalue weighted by atomic mass is 16.4. The van der Waals surface area contributed by atoms with Crippen molar-refractivity contribution in [2.45, 2.75) is 158 Å². The Hall–Kier alpha value is -10.4. The maximum Gasteiger partial charge on any atom is 0.326 e. The second kappa shape index (κ2) is 38.2. The molecule has 0 bridgehead atoms. The van der Waals surface area contributed by atoms with Gasteiger partial charge in [-0.25, -0.2) is 4.79 Å². The number of nitrogens with one attached hydrogen (secondary N) is 9. The molecule has 11 amide bonds. The number of aromatic hydroxyl groups is 1. The second-order valence-corrected chi connectivity index (χ2v) is 23.9. The Labute approximate surface area is 558 Å². The summed E-state index contributed by atoms with van der Waals surface area (Å²) in [5, 5.41) is 82.9. The van der Waals surface area contributed by atoms with Crippen LogP contribution in [0.2, 0.25) is 0 Å². The Morgan fingerprint density at radius 3 is 1.37 bits per heavy atom. The largest absolute Gasteiger partial charge is 0.508 e. The predicted octanol–water partition coefficient (Wildman–Crippen LogP) is -3.42. The van der Waals surface area contributed by atoms with Gasteiger partial charge in [0.25, 0.3) is 0 Å². The fourth-order valence-corrected chi connectivity index (χ4v) is 10.5. The molecule has 4 aromatic carbocycles. The van der Waals surface area contributed by atoms with Crippen LogP contribution < -0.4 is 59.3 Å². The Morgan fingerprint density at radius 2 is 0.907 bits per heavy atom. The van der Waals surface area contributed by atoms with E-state index in [2.05, 4.69) is 47.9 Å². The van der Waals surface area contributed by atoms with Gasteiger partial charge < -0.3 is 94.9 Å². The molecule has 31 heteroatoms. The molecule has 4 aromatic rings. The van der Waals surface area contributed by atoms with Crippen LogP contribution in [0.3, 0.4) is 0 Å². The van der Waals surface area contributed by atoms with Crippen LogP contribution in [0.25, 0.3) is 0 Å². The molecule has 1 aliphatic rings. The number of amides is 11. The Morgan fingerprint density at radius 1 is 0.495 bits per heavy atom. The van der Waals surface area contributed by atoms with Crippen LogP contribution >= 0.6 is 0 Å². The van der Waals surface area contributed by atoms with Crippen LogP contribution in [-0.4, -0.2) is 205 Å². The van der Waals surface area contributed by atoms with E-state index in [1.54, 1.807) is 105 Å². The number of benzene rings is 4. The fraction of sp³-hybridized carbons (Fsp3) is 0.439. The van der Waals surface area contributed by atoms with Gasteiger partial charge in [0.2, 0.25) is 65.0 Å². The number of nitrogens with zero attached hydrogens (tertiary/aromatic N) is 1. The molecule has 19 N–H and O–H groups in total. The number of aliphatic hydroxyl groups excluding tert-OH is 3. The quantitative estimate of drug-likeness (QED) is 0.0208. The Balaban J connectivity index is 1.32. The van der Waals surface area contributed by atoms with Crippen molar-refractivity contribution in [3.8, 4) is 5.75 Å². The second-order valence-electron chi connectivity index (χ2n) is 23.9. The number of carboxylic acids is 2. The molecule has 0 aromatic heterocycles. The minimum Gasteiger partial charge on any atom is -0.508 e. The van der Waals surface area contributed by atoms with Gasteiger partial charge in [-0.3, -0.25) is 57.5 Å². The summed E-state index contributed by atoms with van der Waals surface area (Å²) in [5.74, 6) is -14.7. The lowest BCUT2D eigenvalue weighted by molar-refractivity contribution is -0.144. The van der Waals surface area contributed by atoms with Gasteiger partial charge in [-0.15, -0.1) is 0 Å². The number of phenols is 1. The van der Waals surface area contributed by atoms with Crippen molar-refractivity contribution in [1.29, 1.82) is 0 Å². The highest BCUT2D eigenvalue weighted by Gasteiger charge is 2.41. The van der Waals surface area contributed by atoms with Crippen molar-refractivity contribution in [1.82, 2.24) is 52.8 Å². The van der Waals surface area contributed by atoms with Crippen molar-refractivity contribution in [2.24, 2.45) is 17.4 Å². The summed E-state index contributed by atoms with van der Waals surface area (Å²) in [5.41, 5.74) is 13.7. The zero-order chi connectivity index (χ0) is 71.5. The van der Waals surface area contributed by atoms with Crippen LogP contribution in [0.5, 0.6) is 5.75 Å². The molecule has 524 valence electrons. The van der Waals surface area contributed by atoms with E-state index in [-0.39, 0.29) is 63.2 Å². The van der Waals surface area contributed by atoms with Gasteiger partial charge in [-0.1, -0.05) is 117 Å². The first-order valence-electron chi connectivity index (χ1n) is 31.4. The zero-order valence-corrected chi connectivity index (χ0v) is 53.8. The maximum atomic E-state index is 14.6. The number of rotatable bonds is 38. The van der Waals surface area contributed by atoms with Gasteiger partial charge in [0, 0.05) is 32.2 Å². The van der Waals surface area contributed by atoms with Gasteiger partial charge in [-0.2, -0.15) is 0 Å². The summed E-state index contributed by atoms with van der Waals surface area (Å²) in [6, 6.07) is 13.1. The van der Waals surface area contributed by atoms with Crippen LogP contribution in [0.1, 0.15) is 81.5 Å². The smallest absolute Gasteiger partial charge is 0.326 e. The first kappa shape index (κ1) is 77.3. The third-order valence-corrected chi connectivity index (χ3v) is 15.6. The molecule has 5 rings (SSSR count). The summed E-state index contributed by atoms with van der Waals surface area (Å²) < 4.78 is 0. The molecule has 97 heavy (non-hydrogen) atoms. The molecule has 0 unspecified atom stereocenters. The molecule has 1 saturated heterocycles. The molecule has 0 saturated carbocycles. The van der Waals surface area contributed by atoms with Crippen LogP contribution in [-0.2, 0) is 88.0 Å². The molecular formula is C66H86N12O19. The lowest BCUT2D eigenvalue weighted by atomic mass is 10.0.